The van der Waals surface area contributed by atoms with Crippen LogP contribution < -0.4 is 19.7 Å². The number of alkyl halides is 2. The molecule has 1 fully saturated rings. The molecule has 0 aliphatic carbocycles. The highest BCUT2D eigenvalue weighted by atomic mass is 19.3. The third-order valence-electron chi connectivity index (χ3n) is 3.85. The Kier molecular flexibility index (Phi) is 3.65. The zero-order valence-electron chi connectivity index (χ0n) is 12.2. The van der Waals surface area contributed by atoms with Crippen molar-refractivity contribution in [1.82, 2.24) is 5.32 Å². The van der Waals surface area contributed by atoms with Crippen LogP contribution >= 0.6 is 0 Å². The molecule has 2 aliphatic rings. The number of ether oxygens (including phenoxy) is 2. The van der Waals surface area contributed by atoms with Gasteiger partial charge in [-0.2, -0.15) is 0 Å². The van der Waals surface area contributed by atoms with Crippen molar-refractivity contribution in [1.29, 1.82) is 0 Å². The van der Waals surface area contributed by atoms with Crippen LogP contribution in [0.25, 0.3) is 0 Å². The Balaban J connectivity index is 1.64. The van der Waals surface area contributed by atoms with Gasteiger partial charge in [-0.1, -0.05) is 13.8 Å². The predicted octanol–water partition coefficient (Wildman–Crippen LogP) is 2.83. The largest absolute Gasteiger partial charge is 0.586 e. The van der Waals surface area contributed by atoms with Gasteiger partial charge in [0, 0.05) is 30.9 Å². The summed E-state index contributed by atoms with van der Waals surface area (Å²) in [6.45, 7) is 7.10. The van der Waals surface area contributed by atoms with Crippen molar-refractivity contribution in [3.8, 4) is 11.5 Å². The molecule has 21 heavy (non-hydrogen) atoms. The van der Waals surface area contributed by atoms with E-state index in [1.807, 2.05) is 6.07 Å². The van der Waals surface area contributed by atoms with E-state index in [1.165, 1.54) is 0 Å². The molecule has 0 spiro atoms. The first-order valence-electron chi connectivity index (χ1n) is 7.31. The zero-order valence-corrected chi connectivity index (χ0v) is 12.2. The van der Waals surface area contributed by atoms with Crippen LogP contribution in [-0.4, -0.2) is 32.0 Å². The lowest BCUT2D eigenvalue weighted by atomic mass is 10.1. The summed E-state index contributed by atoms with van der Waals surface area (Å²) in [5, 5.41) is 3.44. The molecule has 4 nitrogen and oxygen atoms in total. The van der Waals surface area contributed by atoms with Crippen LogP contribution in [0.2, 0.25) is 0 Å². The van der Waals surface area contributed by atoms with Crippen LogP contribution in [0.3, 0.4) is 0 Å². The molecule has 0 aromatic heterocycles. The van der Waals surface area contributed by atoms with Gasteiger partial charge in [0.25, 0.3) is 0 Å². The van der Waals surface area contributed by atoms with Crippen LogP contribution in [0, 0.1) is 5.92 Å². The molecule has 1 saturated heterocycles. The summed E-state index contributed by atoms with van der Waals surface area (Å²) in [5.41, 5.74) is 0.905. The highest BCUT2D eigenvalue weighted by Crippen LogP contribution is 2.43. The third-order valence-corrected chi connectivity index (χ3v) is 3.85. The van der Waals surface area contributed by atoms with Crippen molar-refractivity contribution in [2.75, 3.05) is 24.5 Å². The average molecular weight is 298 g/mol. The second kappa shape index (κ2) is 5.33. The SMILES string of the molecule is CC(C)NCC1CCN(c2ccc3c(c2)OC(F)(F)O3)C1. The lowest BCUT2D eigenvalue weighted by Crippen LogP contribution is -2.30. The van der Waals surface area contributed by atoms with E-state index >= 15 is 0 Å². The molecule has 0 radical (unpaired) electrons. The monoisotopic (exact) mass is 298 g/mol. The topological polar surface area (TPSA) is 33.7 Å². The van der Waals surface area contributed by atoms with E-state index in [2.05, 4.69) is 33.5 Å². The normalized spacial score (nSPS) is 23.1. The molecule has 1 unspecified atom stereocenters. The number of hydrogen-bond acceptors (Lipinski definition) is 4. The first-order chi connectivity index (χ1) is 9.93. The molecule has 0 bridgehead atoms. The van der Waals surface area contributed by atoms with Gasteiger partial charge in [0.2, 0.25) is 0 Å². The van der Waals surface area contributed by atoms with Crippen LogP contribution in [0.15, 0.2) is 18.2 Å². The number of halogens is 2. The van der Waals surface area contributed by atoms with Crippen molar-refractivity contribution in [3.05, 3.63) is 18.2 Å². The van der Waals surface area contributed by atoms with E-state index in [0.29, 0.717) is 12.0 Å². The second-order valence-electron chi connectivity index (χ2n) is 5.96. The number of hydrogen-bond donors (Lipinski definition) is 1. The van der Waals surface area contributed by atoms with Crippen molar-refractivity contribution < 1.29 is 18.3 Å². The van der Waals surface area contributed by atoms with Gasteiger partial charge in [-0.05, 0) is 31.0 Å². The number of rotatable bonds is 4. The summed E-state index contributed by atoms with van der Waals surface area (Å²) in [6.07, 6.45) is -2.44. The summed E-state index contributed by atoms with van der Waals surface area (Å²) in [4.78, 5) is 2.20. The molecule has 3 rings (SSSR count). The smallest absolute Gasteiger partial charge is 0.395 e. The average Bonchev–Trinajstić information content (AvgIpc) is 2.97. The Bertz CT molecular complexity index is 522. The first-order valence-corrected chi connectivity index (χ1v) is 7.31. The maximum absolute atomic E-state index is 13.0. The van der Waals surface area contributed by atoms with E-state index < -0.39 is 6.29 Å². The van der Waals surface area contributed by atoms with Gasteiger partial charge in [0.05, 0.1) is 0 Å². The van der Waals surface area contributed by atoms with E-state index in [9.17, 15) is 8.78 Å². The van der Waals surface area contributed by atoms with E-state index in [4.69, 9.17) is 0 Å². The molecule has 1 aromatic carbocycles. The Morgan fingerprint density at radius 3 is 2.86 bits per heavy atom. The molecule has 1 atom stereocenters. The van der Waals surface area contributed by atoms with Crippen molar-refractivity contribution in [2.24, 2.45) is 5.92 Å². The molecular formula is C15H20F2N2O2. The van der Waals surface area contributed by atoms with Crippen molar-refractivity contribution in [3.63, 3.8) is 0 Å². The van der Waals surface area contributed by atoms with Gasteiger partial charge in [-0.15, -0.1) is 8.78 Å². The summed E-state index contributed by atoms with van der Waals surface area (Å²) >= 11 is 0. The minimum atomic E-state index is -3.55. The van der Waals surface area contributed by atoms with Gasteiger partial charge < -0.3 is 19.7 Å². The Morgan fingerprint density at radius 2 is 2.10 bits per heavy atom. The molecule has 1 N–H and O–H groups in total. The van der Waals surface area contributed by atoms with Gasteiger partial charge >= 0.3 is 6.29 Å². The van der Waals surface area contributed by atoms with Crippen molar-refractivity contribution in [2.45, 2.75) is 32.6 Å². The van der Waals surface area contributed by atoms with E-state index in [1.54, 1.807) is 12.1 Å². The number of fused-ring (bicyclic) bond motifs is 1. The zero-order chi connectivity index (χ0) is 15.0. The van der Waals surface area contributed by atoms with Crippen LogP contribution in [0.1, 0.15) is 20.3 Å². The summed E-state index contributed by atoms with van der Waals surface area (Å²) < 4.78 is 35.0. The summed E-state index contributed by atoms with van der Waals surface area (Å²) in [6, 6.07) is 5.47. The Labute approximate surface area is 123 Å². The minimum absolute atomic E-state index is 0.0981. The number of nitrogens with one attached hydrogen (secondary N) is 1. The molecule has 2 aliphatic heterocycles. The van der Waals surface area contributed by atoms with Crippen molar-refractivity contribution >= 4 is 5.69 Å². The molecule has 6 heteroatoms. The lowest BCUT2D eigenvalue weighted by Gasteiger charge is -2.19. The molecule has 116 valence electrons. The lowest BCUT2D eigenvalue weighted by molar-refractivity contribution is -0.286. The third kappa shape index (κ3) is 3.20. The maximum Gasteiger partial charge on any atom is 0.586 e. The van der Waals surface area contributed by atoms with Gasteiger partial charge in [-0.25, -0.2) is 0 Å². The van der Waals surface area contributed by atoms with Crippen LogP contribution in [0.4, 0.5) is 14.5 Å². The molecule has 2 heterocycles. The molecule has 0 amide bonds. The van der Waals surface area contributed by atoms with Gasteiger partial charge in [-0.3, -0.25) is 0 Å². The summed E-state index contributed by atoms with van der Waals surface area (Å²) in [5.74, 6) is 0.793. The van der Waals surface area contributed by atoms with E-state index in [0.717, 1.165) is 31.7 Å². The maximum atomic E-state index is 13.0. The fraction of sp³-hybridized carbons (Fsp3) is 0.600. The number of benzene rings is 1. The van der Waals surface area contributed by atoms with E-state index in [-0.39, 0.29) is 11.5 Å². The summed E-state index contributed by atoms with van der Waals surface area (Å²) in [7, 11) is 0. The molecule has 1 aromatic rings. The minimum Gasteiger partial charge on any atom is -0.395 e. The Hall–Kier alpha value is -1.56. The quantitative estimate of drug-likeness (QED) is 0.927. The predicted molar refractivity (Wildman–Crippen MR) is 76.1 cm³/mol. The van der Waals surface area contributed by atoms with Gasteiger partial charge in [0.15, 0.2) is 11.5 Å². The number of anilines is 1. The second-order valence-corrected chi connectivity index (χ2v) is 5.96. The van der Waals surface area contributed by atoms with Crippen LogP contribution in [-0.2, 0) is 0 Å². The Morgan fingerprint density at radius 1 is 1.33 bits per heavy atom. The molecule has 0 saturated carbocycles. The number of nitrogens with zero attached hydrogens (tertiary/aromatic N) is 1. The standard InChI is InChI=1S/C15H20F2N2O2/c1-10(2)18-8-11-5-6-19(9-11)12-3-4-13-14(7-12)21-15(16,17)20-13/h3-4,7,10-11,18H,5-6,8-9H2,1-2H3. The fourth-order valence-electron chi connectivity index (χ4n) is 2.77. The van der Waals surface area contributed by atoms with Gasteiger partial charge in [0.1, 0.15) is 0 Å². The fourth-order valence-corrected chi connectivity index (χ4v) is 2.77. The highest BCUT2D eigenvalue weighted by Gasteiger charge is 2.43. The first kappa shape index (κ1) is 14.4. The molecular weight excluding hydrogens is 278 g/mol. The van der Waals surface area contributed by atoms with Crippen LogP contribution in [0.5, 0.6) is 11.5 Å². The highest BCUT2D eigenvalue weighted by molar-refractivity contribution is 5.58.